The summed E-state index contributed by atoms with van der Waals surface area (Å²) in [6, 6.07) is 1.64. The molecule has 0 unspecified atom stereocenters. The molecule has 2 N–H and O–H groups in total. The molecular weight excluding hydrogens is 252 g/mol. The first-order valence-corrected chi connectivity index (χ1v) is 4.99. The quantitative estimate of drug-likeness (QED) is 0.784. The van der Waals surface area contributed by atoms with Crippen LogP contribution in [0.4, 0.5) is 19.6 Å². The van der Waals surface area contributed by atoms with Gasteiger partial charge in [0.25, 0.3) is 11.5 Å². The zero-order valence-electron chi connectivity index (χ0n) is 7.99. The van der Waals surface area contributed by atoms with Crippen LogP contribution in [0.5, 0.6) is 0 Å². The van der Waals surface area contributed by atoms with E-state index in [-0.39, 0.29) is 10.6 Å². The van der Waals surface area contributed by atoms with Crippen LogP contribution in [0.2, 0.25) is 0 Å². The van der Waals surface area contributed by atoms with Crippen molar-refractivity contribution in [3.05, 3.63) is 34.0 Å². The van der Waals surface area contributed by atoms with Crippen LogP contribution in [0, 0.1) is 23.1 Å². The van der Waals surface area contributed by atoms with Crippen molar-refractivity contribution in [2.75, 3.05) is 5.32 Å². The van der Waals surface area contributed by atoms with Gasteiger partial charge in [-0.2, -0.15) is 14.0 Å². The maximum absolute atomic E-state index is 13.2. The summed E-state index contributed by atoms with van der Waals surface area (Å²) in [6.45, 7) is 0. The van der Waals surface area contributed by atoms with Crippen molar-refractivity contribution in [2.24, 2.45) is 0 Å². The van der Waals surface area contributed by atoms with Crippen LogP contribution in [-0.2, 0) is 0 Å². The minimum atomic E-state index is -1.32. The molecule has 0 fully saturated rings. The second-order valence-electron chi connectivity index (χ2n) is 2.80. The summed E-state index contributed by atoms with van der Waals surface area (Å²) >= 11 is 0.790. The fourth-order valence-corrected chi connectivity index (χ4v) is 1.72. The third-order valence-corrected chi connectivity index (χ3v) is 2.59. The van der Waals surface area contributed by atoms with Crippen LogP contribution >= 0.6 is 11.5 Å². The average molecular weight is 255 g/mol. The fourth-order valence-electron chi connectivity index (χ4n) is 1.04. The highest BCUT2D eigenvalue weighted by Gasteiger charge is 2.15. The Bertz CT molecular complexity index is 659. The van der Waals surface area contributed by atoms with E-state index in [1.165, 1.54) is 0 Å². The van der Waals surface area contributed by atoms with Gasteiger partial charge in [0.2, 0.25) is 5.82 Å². The normalized spacial score (nSPS) is 9.94. The fraction of sp³-hybridized carbons (Fsp3) is 0. The number of hydrogen-bond donors (Lipinski definition) is 2. The molecule has 2 rings (SSSR count). The summed E-state index contributed by atoms with van der Waals surface area (Å²) in [5, 5.41) is 11.1. The number of hydrogen-bond acceptors (Lipinski definition) is 6. The van der Waals surface area contributed by atoms with Gasteiger partial charge in [0.15, 0.2) is 11.4 Å². The van der Waals surface area contributed by atoms with Crippen LogP contribution in [-0.4, -0.2) is 14.3 Å². The van der Waals surface area contributed by atoms with Crippen molar-refractivity contribution in [1.29, 1.82) is 5.26 Å². The molecule has 0 bridgehead atoms. The van der Waals surface area contributed by atoms with Gasteiger partial charge >= 0.3 is 0 Å². The summed E-state index contributed by atoms with van der Waals surface area (Å²) in [5.74, 6) is -3.04. The number of anilines is 2. The van der Waals surface area contributed by atoms with Gasteiger partial charge in [-0.3, -0.25) is 9.17 Å². The third-order valence-electron chi connectivity index (χ3n) is 1.79. The summed E-state index contributed by atoms with van der Waals surface area (Å²) in [5.41, 5.74) is -0.816. The van der Waals surface area contributed by atoms with Crippen LogP contribution in [0.15, 0.2) is 11.1 Å². The van der Waals surface area contributed by atoms with Gasteiger partial charge in [0.05, 0.1) is 0 Å². The van der Waals surface area contributed by atoms with E-state index in [4.69, 9.17) is 5.26 Å². The first kappa shape index (κ1) is 11.2. The van der Waals surface area contributed by atoms with Crippen LogP contribution < -0.4 is 10.9 Å². The molecule has 2 aromatic rings. The standard InChI is InChI=1S/C8H3F2N5OS/c9-4-5(10)12-2-13-6(4)14-8-3(1-11)7(16)15-17-8/h2H,(H,15,16)(H,12,13,14). The SMILES string of the molecule is N#Cc1c(Nc2ncnc(F)c2F)s[nH]c1=O. The molecule has 0 spiro atoms. The molecule has 0 aliphatic rings. The van der Waals surface area contributed by atoms with Gasteiger partial charge in [0.1, 0.15) is 17.4 Å². The summed E-state index contributed by atoms with van der Waals surface area (Å²) in [7, 11) is 0. The second-order valence-corrected chi connectivity index (χ2v) is 3.62. The Morgan fingerprint density at radius 2 is 2.24 bits per heavy atom. The molecule has 6 nitrogen and oxygen atoms in total. The molecule has 0 atom stereocenters. The van der Waals surface area contributed by atoms with E-state index in [0.29, 0.717) is 0 Å². The van der Waals surface area contributed by atoms with Crippen molar-refractivity contribution >= 4 is 22.4 Å². The van der Waals surface area contributed by atoms with Gasteiger partial charge in [-0.1, -0.05) is 0 Å². The van der Waals surface area contributed by atoms with Crippen molar-refractivity contribution in [1.82, 2.24) is 14.3 Å². The molecule has 86 valence electrons. The maximum atomic E-state index is 13.2. The largest absolute Gasteiger partial charge is 0.327 e. The zero-order valence-corrected chi connectivity index (χ0v) is 8.81. The molecule has 9 heteroatoms. The lowest BCUT2D eigenvalue weighted by Gasteiger charge is -2.02. The lowest BCUT2D eigenvalue weighted by molar-refractivity contribution is 0.477. The third kappa shape index (κ3) is 1.98. The Hall–Kier alpha value is -2.34. The average Bonchev–Trinajstić information content (AvgIpc) is 2.66. The Labute approximate surface area is 96.7 Å². The molecule has 0 aliphatic heterocycles. The van der Waals surface area contributed by atoms with Crippen LogP contribution in [0.3, 0.4) is 0 Å². The first-order chi connectivity index (χ1) is 8.13. The highest BCUT2D eigenvalue weighted by Crippen LogP contribution is 2.22. The highest BCUT2D eigenvalue weighted by molar-refractivity contribution is 7.10. The van der Waals surface area contributed by atoms with E-state index < -0.39 is 23.1 Å². The van der Waals surface area contributed by atoms with Gasteiger partial charge < -0.3 is 5.32 Å². The Kier molecular flexibility index (Phi) is 2.80. The van der Waals surface area contributed by atoms with E-state index in [9.17, 15) is 13.6 Å². The number of aromatic nitrogens is 3. The Morgan fingerprint density at radius 3 is 2.94 bits per heavy atom. The minimum absolute atomic E-state index is 0.0644. The van der Waals surface area contributed by atoms with Gasteiger partial charge in [-0.05, 0) is 11.5 Å². The lowest BCUT2D eigenvalue weighted by Crippen LogP contribution is -2.05. The Balaban J connectivity index is 2.42. The summed E-state index contributed by atoms with van der Waals surface area (Å²) in [6.07, 6.45) is 0.822. The zero-order chi connectivity index (χ0) is 12.4. The smallest absolute Gasteiger partial charge is 0.278 e. The number of H-pyrrole nitrogens is 1. The minimum Gasteiger partial charge on any atom is -0.327 e. The van der Waals surface area contributed by atoms with Gasteiger partial charge in [-0.25, -0.2) is 9.97 Å². The van der Waals surface area contributed by atoms with E-state index in [1.54, 1.807) is 6.07 Å². The van der Waals surface area contributed by atoms with Gasteiger partial charge in [-0.15, -0.1) is 0 Å². The topological polar surface area (TPSA) is 94.5 Å². The molecule has 2 aromatic heterocycles. The van der Waals surface area contributed by atoms with E-state index in [0.717, 1.165) is 17.9 Å². The molecule has 17 heavy (non-hydrogen) atoms. The molecule has 0 amide bonds. The number of halogens is 2. The Morgan fingerprint density at radius 1 is 1.47 bits per heavy atom. The highest BCUT2D eigenvalue weighted by atomic mass is 32.1. The first-order valence-electron chi connectivity index (χ1n) is 4.18. The van der Waals surface area contributed by atoms with E-state index >= 15 is 0 Å². The van der Waals surface area contributed by atoms with Crippen molar-refractivity contribution in [3.8, 4) is 6.07 Å². The maximum Gasteiger partial charge on any atom is 0.278 e. The van der Waals surface area contributed by atoms with E-state index in [2.05, 4.69) is 19.7 Å². The van der Waals surface area contributed by atoms with E-state index in [1.807, 2.05) is 0 Å². The molecule has 0 radical (unpaired) electrons. The molecule has 2 heterocycles. The van der Waals surface area contributed by atoms with Crippen molar-refractivity contribution in [3.63, 3.8) is 0 Å². The molecule has 0 aliphatic carbocycles. The van der Waals surface area contributed by atoms with Crippen molar-refractivity contribution < 1.29 is 8.78 Å². The predicted octanol–water partition coefficient (Wildman–Crippen LogP) is 1.12. The number of nitriles is 1. The summed E-state index contributed by atoms with van der Waals surface area (Å²) < 4.78 is 28.3. The van der Waals surface area contributed by atoms with Crippen LogP contribution in [0.1, 0.15) is 5.56 Å². The lowest BCUT2D eigenvalue weighted by atomic mass is 10.4. The summed E-state index contributed by atoms with van der Waals surface area (Å²) in [4.78, 5) is 17.6. The number of nitrogens with one attached hydrogen (secondary N) is 2. The number of rotatable bonds is 2. The number of nitrogens with zero attached hydrogens (tertiary/aromatic N) is 3. The van der Waals surface area contributed by atoms with Gasteiger partial charge in [0, 0.05) is 0 Å². The second kappa shape index (κ2) is 4.26. The monoisotopic (exact) mass is 255 g/mol. The predicted molar refractivity (Wildman–Crippen MR) is 54.9 cm³/mol. The molecule has 0 saturated carbocycles. The molecular formula is C8H3F2N5OS. The molecule has 0 saturated heterocycles. The van der Waals surface area contributed by atoms with Crippen molar-refractivity contribution in [2.45, 2.75) is 0 Å². The number of aromatic amines is 1. The van der Waals surface area contributed by atoms with Crippen LogP contribution in [0.25, 0.3) is 0 Å². The molecule has 0 aromatic carbocycles.